The third-order valence-electron chi connectivity index (χ3n) is 2.89. The standard InChI is InChI=1S/C12H23N5S/c1-10(2)9-13-7-3-4-8-18-12-14-15-16-17(12)11-5-6-11/h10-11,13H,3-9H2,1-2H3. The lowest BCUT2D eigenvalue weighted by Crippen LogP contribution is -2.20. The maximum Gasteiger partial charge on any atom is 0.209 e. The molecule has 1 aliphatic rings. The van der Waals surface area contributed by atoms with E-state index in [2.05, 4.69) is 34.7 Å². The zero-order valence-corrected chi connectivity index (χ0v) is 12.1. The van der Waals surface area contributed by atoms with Crippen LogP contribution in [0.3, 0.4) is 0 Å². The third kappa shape index (κ3) is 4.57. The van der Waals surface area contributed by atoms with E-state index >= 15 is 0 Å². The van der Waals surface area contributed by atoms with Crippen LogP contribution >= 0.6 is 11.8 Å². The van der Waals surface area contributed by atoms with Gasteiger partial charge in [0.15, 0.2) is 0 Å². The molecule has 0 radical (unpaired) electrons. The Kier molecular flexibility index (Phi) is 5.44. The zero-order chi connectivity index (χ0) is 12.8. The van der Waals surface area contributed by atoms with E-state index in [1.807, 2.05) is 4.68 Å². The van der Waals surface area contributed by atoms with Gasteiger partial charge < -0.3 is 5.32 Å². The Morgan fingerprint density at radius 3 is 2.94 bits per heavy atom. The summed E-state index contributed by atoms with van der Waals surface area (Å²) in [5, 5.41) is 16.3. The maximum atomic E-state index is 4.08. The number of hydrogen-bond acceptors (Lipinski definition) is 5. The second kappa shape index (κ2) is 7.09. The SMILES string of the molecule is CC(C)CNCCCCSc1nnnn1C1CC1. The molecule has 1 fully saturated rings. The molecule has 18 heavy (non-hydrogen) atoms. The second-order valence-corrected chi connectivity index (χ2v) is 6.35. The molecule has 0 spiro atoms. The van der Waals surface area contributed by atoms with Crippen molar-refractivity contribution < 1.29 is 0 Å². The van der Waals surface area contributed by atoms with Crippen LogP contribution in [0.1, 0.15) is 45.6 Å². The van der Waals surface area contributed by atoms with Crippen LogP contribution in [-0.2, 0) is 0 Å². The van der Waals surface area contributed by atoms with Gasteiger partial charge in [-0.3, -0.25) is 0 Å². The highest BCUT2D eigenvalue weighted by Gasteiger charge is 2.27. The van der Waals surface area contributed by atoms with Gasteiger partial charge in [0.25, 0.3) is 0 Å². The number of aromatic nitrogens is 4. The Morgan fingerprint density at radius 2 is 2.22 bits per heavy atom. The summed E-state index contributed by atoms with van der Waals surface area (Å²) in [5.74, 6) is 1.85. The molecule has 1 aliphatic carbocycles. The number of rotatable bonds is 9. The molecule has 102 valence electrons. The van der Waals surface area contributed by atoms with E-state index in [9.17, 15) is 0 Å². The average molecular weight is 269 g/mol. The van der Waals surface area contributed by atoms with Gasteiger partial charge >= 0.3 is 0 Å². The summed E-state index contributed by atoms with van der Waals surface area (Å²) >= 11 is 1.79. The molecule has 5 nitrogen and oxygen atoms in total. The molecular formula is C12H23N5S. The Bertz CT molecular complexity index is 348. The summed E-state index contributed by atoms with van der Waals surface area (Å²) in [6.45, 7) is 6.71. The average Bonchev–Trinajstić information content (AvgIpc) is 3.08. The number of thioether (sulfide) groups is 1. The number of tetrazole rings is 1. The van der Waals surface area contributed by atoms with Gasteiger partial charge in [0.2, 0.25) is 5.16 Å². The first-order valence-electron chi connectivity index (χ1n) is 6.88. The van der Waals surface area contributed by atoms with Gasteiger partial charge in [0.1, 0.15) is 0 Å². The van der Waals surface area contributed by atoms with Crippen molar-refractivity contribution in [2.75, 3.05) is 18.8 Å². The summed E-state index contributed by atoms with van der Waals surface area (Å²) in [4.78, 5) is 0. The molecule has 0 atom stereocenters. The van der Waals surface area contributed by atoms with Crippen molar-refractivity contribution in [1.82, 2.24) is 25.5 Å². The van der Waals surface area contributed by atoms with Gasteiger partial charge in [-0.2, -0.15) is 0 Å². The van der Waals surface area contributed by atoms with Crippen molar-refractivity contribution in [3.05, 3.63) is 0 Å². The van der Waals surface area contributed by atoms with Gasteiger partial charge in [-0.05, 0) is 55.1 Å². The van der Waals surface area contributed by atoms with Crippen molar-refractivity contribution in [1.29, 1.82) is 0 Å². The molecule has 0 saturated heterocycles. The highest BCUT2D eigenvalue weighted by molar-refractivity contribution is 7.99. The van der Waals surface area contributed by atoms with Crippen LogP contribution in [0, 0.1) is 5.92 Å². The van der Waals surface area contributed by atoms with Crippen molar-refractivity contribution in [3.63, 3.8) is 0 Å². The van der Waals surface area contributed by atoms with E-state index < -0.39 is 0 Å². The molecule has 0 aliphatic heterocycles. The lowest BCUT2D eigenvalue weighted by molar-refractivity contribution is 0.541. The molecular weight excluding hydrogens is 246 g/mol. The normalized spacial score (nSPS) is 15.5. The summed E-state index contributed by atoms with van der Waals surface area (Å²) < 4.78 is 1.99. The van der Waals surface area contributed by atoms with Gasteiger partial charge in [-0.25, -0.2) is 4.68 Å². The number of nitrogens with one attached hydrogen (secondary N) is 1. The van der Waals surface area contributed by atoms with Gasteiger partial charge in [-0.1, -0.05) is 25.6 Å². The largest absolute Gasteiger partial charge is 0.316 e. The van der Waals surface area contributed by atoms with Crippen molar-refractivity contribution in [2.45, 2.75) is 50.7 Å². The fourth-order valence-electron chi connectivity index (χ4n) is 1.74. The molecule has 1 N–H and O–H groups in total. The summed E-state index contributed by atoms with van der Waals surface area (Å²) in [7, 11) is 0. The van der Waals surface area contributed by atoms with Crippen molar-refractivity contribution in [3.8, 4) is 0 Å². The van der Waals surface area contributed by atoms with Crippen LogP contribution in [0.15, 0.2) is 5.16 Å². The minimum atomic E-state index is 0.579. The predicted molar refractivity (Wildman–Crippen MR) is 73.8 cm³/mol. The monoisotopic (exact) mass is 269 g/mol. The maximum absolute atomic E-state index is 4.08. The van der Waals surface area contributed by atoms with E-state index in [-0.39, 0.29) is 0 Å². The fourth-order valence-corrected chi connectivity index (χ4v) is 2.68. The molecule has 1 saturated carbocycles. The van der Waals surface area contributed by atoms with Crippen molar-refractivity contribution >= 4 is 11.8 Å². The summed E-state index contributed by atoms with van der Waals surface area (Å²) in [6.07, 6.45) is 4.91. The number of nitrogens with zero attached hydrogens (tertiary/aromatic N) is 4. The molecule has 1 aromatic rings. The molecule has 1 aromatic heterocycles. The van der Waals surface area contributed by atoms with Crippen LogP contribution in [-0.4, -0.2) is 39.0 Å². The zero-order valence-electron chi connectivity index (χ0n) is 11.3. The van der Waals surface area contributed by atoms with Crippen LogP contribution in [0.25, 0.3) is 0 Å². The molecule has 0 amide bonds. The highest BCUT2D eigenvalue weighted by Crippen LogP contribution is 2.36. The third-order valence-corrected chi connectivity index (χ3v) is 3.91. The lowest BCUT2D eigenvalue weighted by atomic mass is 10.2. The van der Waals surface area contributed by atoms with E-state index in [4.69, 9.17) is 0 Å². The minimum absolute atomic E-state index is 0.579. The highest BCUT2D eigenvalue weighted by atomic mass is 32.2. The molecule has 2 rings (SSSR count). The lowest BCUT2D eigenvalue weighted by Gasteiger charge is -2.06. The van der Waals surface area contributed by atoms with Crippen LogP contribution in [0.5, 0.6) is 0 Å². The van der Waals surface area contributed by atoms with Gasteiger partial charge in [0, 0.05) is 5.75 Å². The van der Waals surface area contributed by atoms with E-state index in [0.717, 1.165) is 29.9 Å². The summed E-state index contributed by atoms with van der Waals surface area (Å²) in [6, 6.07) is 0.579. The van der Waals surface area contributed by atoms with E-state index in [0.29, 0.717) is 6.04 Å². The van der Waals surface area contributed by atoms with E-state index in [1.54, 1.807) is 11.8 Å². The Morgan fingerprint density at radius 1 is 1.39 bits per heavy atom. The predicted octanol–water partition coefficient (Wildman–Crippen LogP) is 2.13. The Balaban J connectivity index is 1.54. The van der Waals surface area contributed by atoms with Gasteiger partial charge in [-0.15, -0.1) is 5.10 Å². The second-order valence-electron chi connectivity index (χ2n) is 5.29. The Labute approximate surface area is 113 Å². The van der Waals surface area contributed by atoms with Crippen molar-refractivity contribution in [2.24, 2.45) is 5.92 Å². The molecule has 0 aromatic carbocycles. The minimum Gasteiger partial charge on any atom is -0.316 e. The van der Waals surface area contributed by atoms with Crippen LogP contribution < -0.4 is 5.32 Å². The first-order chi connectivity index (χ1) is 8.77. The summed E-state index contributed by atoms with van der Waals surface area (Å²) in [5.41, 5.74) is 0. The van der Waals surface area contributed by atoms with Crippen LogP contribution in [0.2, 0.25) is 0 Å². The fraction of sp³-hybridized carbons (Fsp3) is 0.917. The quantitative estimate of drug-likeness (QED) is 0.550. The molecule has 1 heterocycles. The topological polar surface area (TPSA) is 55.6 Å². The Hall–Kier alpha value is -0.620. The van der Waals surface area contributed by atoms with Gasteiger partial charge in [0.05, 0.1) is 6.04 Å². The smallest absolute Gasteiger partial charge is 0.209 e. The number of hydrogen-bond donors (Lipinski definition) is 1. The number of unbranched alkanes of at least 4 members (excludes halogenated alkanes) is 1. The first-order valence-corrected chi connectivity index (χ1v) is 7.87. The molecule has 0 unspecified atom stereocenters. The van der Waals surface area contributed by atoms with E-state index in [1.165, 1.54) is 25.7 Å². The molecule has 0 bridgehead atoms. The van der Waals surface area contributed by atoms with Crippen LogP contribution in [0.4, 0.5) is 0 Å². The first kappa shape index (κ1) is 13.8. The molecule has 6 heteroatoms.